The average molecular weight is 418 g/mol. The predicted octanol–water partition coefficient (Wildman–Crippen LogP) is 5.04. The van der Waals surface area contributed by atoms with Gasteiger partial charge in [0.1, 0.15) is 12.1 Å². The van der Waals surface area contributed by atoms with Crippen LogP contribution >= 0.6 is 7.14 Å². The highest BCUT2D eigenvalue weighted by Gasteiger charge is 2.32. The fourth-order valence-electron chi connectivity index (χ4n) is 3.87. The quantitative estimate of drug-likeness (QED) is 0.436. The molecule has 0 aliphatic carbocycles. The SMILES string of the molecule is Cc1ccc(-c2ccccc2P(=O)(c2ccccc2)c2ccccc2)c(C#N)c1C#N. The monoisotopic (exact) mass is 418 g/mol. The molecule has 0 bridgehead atoms. The van der Waals surface area contributed by atoms with Gasteiger partial charge in [0.2, 0.25) is 0 Å². The molecule has 0 aliphatic rings. The van der Waals surface area contributed by atoms with E-state index >= 15 is 0 Å². The van der Waals surface area contributed by atoms with Crippen molar-refractivity contribution in [3.63, 3.8) is 0 Å². The highest BCUT2D eigenvalue weighted by atomic mass is 31.2. The Morgan fingerprint density at radius 1 is 0.613 bits per heavy atom. The summed E-state index contributed by atoms with van der Waals surface area (Å²) in [5.74, 6) is 0. The maximum absolute atomic E-state index is 14.9. The van der Waals surface area contributed by atoms with E-state index in [9.17, 15) is 15.1 Å². The van der Waals surface area contributed by atoms with Crippen molar-refractivity contribution in [2.75, 3.05) is 0 Å². The summed E-state index contributed by atoms with van der Waals surface area (Å²) >= 11 is 0. The van der Waals surface area contributed by atoms with E-state index in [0.717, 1.165) is 16.2 Å². The van der Waals surface area contributed by atoms with Crippen LogP contribution in [0.5, 0.6) is 0 Å². The van der Waals surface area contributed by atoms with E-state index in [1.807, 2.05) is 104 Å². The average Bonchev–Trinajstić information content (AvgIpc) is 2.84. The van der Waals surface area contributed by atoms with Crippen LogP contribution in [0.4, 0.5) is 0 Å². The number of nitrogens with zero attached hydrogens (tertiary/aromatic N) is 2. The maximum atomic E-state index is 14.9. The van der Waals surface area contributed by atoms with Gasteiger partial charge in [-0.15, -0.1) is 0 Å². The lowest BCUT2D eigenvalue weighted by Crippen LogP contribution is -2.26. The fraction of sp³-hybridized carbons (Fsp3) is 0.0370. The van der Waals surface area contributed by atoms with Gasteiger partial charge in [-0.25, -0.2) is 0 Å². The van der Waals surface area contributed by atoms with Gasteiger partial charge in [0.25, 0.3) is 0 Å². The molecule has 4 aromatic carbocycles. The zero-order valence-corrected chi connectivity index (χ0v) is 17.9. The molecule has 148 valence electrons. The molecule has 4 heteroatoms. The van der Waals surface area contributed by atoms with Crippen LogP contribution in [0.25, 0.3) is 11.1 Å². The van der Waals surface area contributed by atoms with Gasteiger partial charge in [0.05, 0.1) is 11.1 Å². The van der Waals surface area contributed by atoms with Gasteiger partial charge in [-0.3, -0.25) is 0 Å². The van der Waals surface area contributed by atoms with E-state index in [-0.39, 0.29) is 0 Å². The minimum Gasteiger partial charge on any atom is -0.309 e. The van der Waals surface area contributed by atoms with Gasteiger partial charge in [-0.1, -0.05) is 97.1 Å². The van der Waals surface area contributed by atoms with Crippen LogP contribution in [0.1, 0.15) is 16.7 Å². The second kappa shape index (κ2) is 8.45. The Morgan fingerprint density at radius 2 is 1.13 bits per heavy atom. The third-order valence-electron chi connectivity index (χ3n) is 5.41. The molecule has 4 aromatic rings. The van der Waals surface area contributed by atoms with E-state index < -0.39 is 7.14 Å². The van der Waals surface area contributed by atoms with E-state index in [1.54, 1.807) is 0 Å². The van der Waals surface area contributed by atoms with Crippen molar-refractivity contribution in [1.29, 1.82) is 10.5 Å². The van der Waals surface area contributed by atoms with Crippen LogP contribution in [0.2, 0.25) is 0 Å². The number of hydrogen-bond donors (Lipinski definition) is 0. The number of benzene rings is 4. The third kappa shape index (κ3) is 3.47. The standard InChI is InChI=1S/C27H19N2OP/c1-20-16-17-23(26(19-29)25(20)18-28)24-14-8-9-15-27(24)31(30,21-10-4-2-5-11-21)22-12-6-3-7-13-22/h2-17H,1H3. The molecule has 3 nitrogen and oxygen atoms in total. The molecule has 0 unspecified atom stereocenters. The van der Waals surface area contributed by atoms with Crippen molar-refractivity contribution in [3.05, 3.63) is 114 Å². The van der Waals surface area contributed by atoms with Gasteiger partial charge >= 0.3 is 0 Å². The van der Waals surface area contributed by atoms with Gasteiger partial charge in [-0.2, -0.15) is 10.5 Å². The summed E-state index contributed by atoms with van der Waals surface area (Å²) in [4.78, 5) is 0. The Bertz CT molecular complexity index is 1340. The van der Waals surface area contributed by atoms with Crippen LogP contribution < -0.4 is 15.9 Å². The van der Waals surface area contributed by atoms with Crippen LogP contribution in [0, 0.1) is 29.6 Å². The first kappa shape index (κ1) is 20.4. The summed E-state index contributed by atoms with van der Waals surface area (Å²) in [5, 5.41) is 21.6. The number of aryl methyl sites for hydroxylation is 1. The van der Waals surface area contributed by atoms with Crippen LogP contribution in [0.15, 0.2) is 97.1 Å². The number of hydrogen-bond acceptors (Lipinski definition) is 3. The van der Waals surface area contributed by atoms with Crippen molar-refractivity contribution in [2.24, 2.45) is 0 Å². The van der Waals surface area contributed by atoms with E-state index in [0.29, 0.717) is 27.6 Å². The molecule has 31 heavy (non-hydrogen) atoms. The molecule has 0 aliphatic heterocycles. The summed E-state index contributed by atoms with van der Waals surface area (Å²) in [6.45, 7) is 1.81. The molecule has 0 spiro atoms. The van der Waals surface area contributed by atoms with Crippen LogP contribution in [-0.4, -0.2) is 0 Å². The van der Waals surface area contributed by atoms with Gasteiger partial charge in [0, 0.05) is 21.5 Å². The third-order valence-corrected chi connectivity index (χ3v) is 8.53. The predicted molar refractivity (Wildman–Crippen MR) is 125 cm³/mol. The molecule has 0 amide bonds. The first-order valence-electron chi connectivity index (χ1n) is 9.86. The first-order chi connectivity index (χ1) is 15.1. The number of nitriles is 2. The zero-order chi connectivity index (χ0) is 21.8. The summed E-state index contributed by atoms with van der Waals surface area (Å²) in [6.07, 6.45) is 0. The Balaban J connectivity index is 2.09. The Hall–Kier alpha value is -3.91. The van der Waals surface area contributed by atoms with Gasteiger partial charge in [-0.05, 0) is 18.1 Å². The zero-order valence-electron chi connectivity index (χ0n) is 17.0. The van der Waals surface area contributed by atoms with Gasteiger partial charge in [0.15, 0.2) is 7.14 Å². The van der Waals surface area contributed by atoms with Crippen molar-refractivity contribution in [2.45, 2.75) is 6.92 Å². The first-order valence-corrected chi connectivity index (χ1v) is 11.6. The normalized spacial score (nSPS) is 10.8. The van der Waals surface area contributed by atoms with E-state index in [2.05, 4.69) is 12.1 Å². The highest BCUT2D eigenvalue weighted by Crippen LogP contribution is 2.45. The molecule has 0 radical (unpaired) electrons. The molecule has 0 saturated carbocycles. The second-order valence-electron chi connectivity index (χ2n) is 7.20. The van der Waals surface area contributed by atoms with Crippen molar-refractivity contribution in [1.82, 2.24) is 0 Å². The number of rotatable bonds is 4. The molecule has 0 aromatic heterocycles. The summed E-state index contributed by atoms with van der Waals surface area (Å²) in [7, 11) is -3.24. The molecule has 4 rings (SSSR count). The maximum Gasteiger partial charge on any atom is 0.171 e. The molecule has 0 saturated heterocycles. The molecule has 0 atom stereocenters. The molecule has 0 fully saturated rings. The van der Waals surface area contributed by atoms with Crippen molar-refractivity contribution < 1.29 is 4.57 Å². The summed E-state index contributed by atoms with van der Waals surface area (Å²) in [6, 6.07) is 34.4. The van der Waals surface area contributed by atoms with E-state index in [4.69, 9.17) is 0 Å². The van der Waals surface area contributed by atoms with Crippen molar-refractivity contribution >= 4 is 23.1 Å². The summed E-state index contributed by atoms with van der Waals surface area (Å²) < 4.78 is 14.9. The minimum atomic E-state index is -3.24. The largest absolute Gasteiger partial charge is 0.309 e. The van der Waals surface area contributed by atoms with Crippen LogP contribution in [0.3, 0.4) is 0 Å². The molecule has 0 N–H and O–H groups in total. The fourth-order valence-corrected chi connectivity index (χ4v) is 6.74. The lowest BCUT2D eigenvalue weighted by molar-refractivity contribution is 0.592. The van der Waals surface area contributed by atoms with Gasteiger partial charge < -0.3 is 4.57 Å². The second-order valence-corrected chi connectivity index (χ2v) is 9.93. The molecule has 0 heterocycles. The molecular formula is C27H19N2OP. The highest BCUT2D eigenvalue weighted by molar-refractivity contribution is 7.85. The van der Waals surface area contributed by atoms with E-state index in [1.165, 1.54) is 0 Å². The minimum absolute atomic E-state index is 0.308. The molecular weight excluding hydrogens is 399 g/mol. The lowest BCUT2D eigenvalue weighted by Gasteiger charge is -2.23. The Labute approximate surface area is 182 Å². The topological polar surface area (TPSA) is 64.7 Å². The van der Waals surface area contributed by atoms with Crippen LogP contribution in [-0.2, 0) is 4.57 Å². The Morgan fingerprint density at radius 3 is 1.68 bits per heavy atom. The summed E-state index contributed by atoms with van der Waals surface area (Å²) in [5.41, 5.74) is 2.72. The van der Waals surface area contributed by atoms with Crippen molar-refractivity contribution in [3.8, 4) is 23.3 Å². The smallest absolute Gasteiger partial charge is 0.171 e. The lowest BCUT2D eigenvalue weighted by atomic mass is 9.93. The Kier molecular flexibility index (Phi) is 5.55.